The van der Waals surface area contributed by atoms with E-state index < -0.39 is 11.6 Å². The molecule has 1 aromatic carbocycles. The van der Waals surface area contributed by atoms with E-state index in [1.165, 1.54) is 0 Å². The molecule has 106 valence electrons. The fourth-order valence-electron chi connectivity index (χ4n) is 2.26. The molecule has 4 nitrogen and oxygen atoms in total. The van der Waals surface area contributed by atoms with Gasteiger partial charge in [0.05, 0.1) is 0 Å². The minimum atomic E-state index is -0.575. The number of rotatable bonds is 2. The van der Waals surface area contributed by atoms with E-state index in [9.17, 15) is 9.59 Å². The van der Waals surface area contributed by atoms with E-state index in [4.69, 9.17) is 4.74 Å². The summed E-state index contributed by atoms with van der Waals surface area (Å²) in [5.74, 6) is -0.461. The summed E-state index contributed by atoms with van der Waals surface area (Å²) in [6, 6.07) is 5.23. The summed E-state index contributed by atoms with van der Waals surface area (Å²) in [6.45, 7) is 7.64. The van der Waals surface area contributed by atoms with Crippen LogP contribution in [0.25, 0.3) is 0 Å². The largest absolute Gasteiger partial charge is 0.458 e. The molecular weight excluding hydrogens is 253 g/mol. The van der Waals surface area contributed by atoms with Crippen LogP contribution in [0.4, 0.5) is 0 Å². The third-order valence-corrected chi connectivity index (χ3v) is 3.31. The van der Waals surface area contributed by atoms with Crippen LogP contribution in [0.2, 0.25) is 0 Å². The van der Waals surface area contributed by atoms with E-state index >= 15 is 0 Å². The number of fused-ring (bicyclic) bond motifs is 1. The molecule has 1 amide bonds. The van der Waals surface area contributed by atoms with Gasteiger partial charge in [-0.15, -0.1) is 0 Å². The maximum Gasteiger partial charge on any atom is 0.329 e. The second-order valence-corrected chi connectivity index (χ2v) is 6.30. The zero-order valence-corrected chi connectivity index (χ0v) is 12.7. The van der Waals surface area contributed by atoms with Crippen LogP contribution in [0.3, 0.4) is 0 Å². The molecule has 0 spiro atoms. The normalized spacial score (nSPS) is 16.0. The Morgan fingerprint density at radius 2 is 2.05 bits per heavy atom. The van der Waals surface area contributed by atoms with Crippen LogP contribution in [0.1, 0.15) is 43.6 Å². The van der Waals surface area contributed by atoms with Gasteiger partial charge in [-0.05, 0) is 33.3 Å². The molecule has 1 atom stereocenters. The van der Waals surface area contributed by atoms with Crippen LogP contribution >= 0.6 is 0 Å². The standard InChI is InChI=1S/C15H20BNO3/c1-9(14(19)20-15(2,3)4)17-8-10-5-6-11(16)7-12(10)13(17)18/h5-7,9H,8,16H2,1-4H3/t9-/m0/s1. The van der Waals surface area contributed by atoms with Crippen molar-refractivity contribution in [3.8, 4) is 0 Å². The maximum absolute atomic E-state index is 12.4. The predicted molar refractivity (Wildman–Crippen MR) is 79.8 cm³/mol. The van der Waals surface area contributed by atoms with E-state index in [0.717, 1.165) is 11.0 Å². The average Bonchev–Trinajstić information content (AvgIpc) is 2.64. The summed E-state index contributed by atoms with van der Waals surface area (Å²) in [5, 5.41) is 0. The van der Waals surface area contributed by atoms with E-state index in [0.29, 0.717) is 12.1 Å². The maximum atomic E-state index is 12.4. The fraction of sp³-hybridized carbons (Fsp3) is 0.467. The first-order chi connectivity index (χ1) is 9.19. The molecule has 5 heteroatoms. The van der Waals surface area contributed by atoms with E-state index in [-0.39, 0.29) is 11.9 Å². The van der Waals surface area contributed by atoms with Gasteiger partial charge in [0, 0.05) is 12.1 Å². The molecule has 0 unspecified atom stereocenters. The molecule has 0 saturated heterocycles. The number of carbonyl (C=O) groups excluding carboxylic acids is 2. The Morgan fingerprint density at radius 3 is 2.65 bits per heavy atom. The van der Waals surface area contributed by atoms with Crippen LogP contribution in [-0.2, 0) is 16.1 Å². The smallest absolute Gasteiger partial charge is 0.329 e. The highest BCUT2D eigenvalue weighted by atomic mass is 16.6. The van der Waals surface area contributed by atoms with Crippen molar-refractivity contribution in [2.24, 2.45) is 0 Å². The van der Waals surface area contributed by atoms with Crippen LogP contribution < -0.4 is 5.46 Å². The summed E-state index contributed by atoms with van der Waals surface area (Å²) in [7, 11) is 1.95. The summed E-state index contributed by atoms with van der Waals surface area (Å²) >= 11 is 0. The molecule has 2 rings (SSSR count). The Hall–Kier alpha value is -1.78. The van der Waals surface area contributed by atoms with E-state index in [1.54, 1.807) is 11.8 Å². The molecule has 1 heterocycles. The summed E-state index contributed by atoms with van der Waals surface area (Å²) in [6.07, 6.45) is 0. The van der Waals surface area contributed by atoms with Crippen molar-refractivity contribution in [1.82, 2.24) is 4.90 Å². The first-order valence-electron chi connectivity index (χ1n) is 6.82. The van der Waals surface area contributed by atoms with E-state index in [1.807, 2.05) is 46.8 Å². The zero-order valence-electron chi connectivity index (χ0n) is 12.7. The zero-order chi connectivity index (χ0) is 15.1. The molecule has 0 saturated carbocycles. The summed E-state index contributed by atoms with van der Waals surface area (Å²) in [4.78, 5) is 26.0. The monoisotopic (exact) mass is 273 g/mol. The fourth-order valence-corrected chi connectivity index (χ4v) is 2.26. The third-order valence-electron chi connectivity index (χ3n) is 3.31. The molecule has 0 radical (unpaired) electrons. The van der Waals surface area contributed by atoms with Gasteiger partial charge in [-0.3, -0.25) is 4.79 Å². The molecule has 0 aromatic heterocycles. The van der Waals surface area contributed by atoms with Gasteiger partial charge in [-0.1, -0.05) is 23.7 Å². The Balaban J connectivity index is 2.17. The molecule has 1 aliphatic rings. The Kier molecular flexibility index (Phi) is 3.63. The van der Waals surface area contributed by atoms with Crippen LogP contribution in [0.15, 0.2) is 18.2 Å². The van der Waals surface area contributed by atoms with Gasteiger partial charge in [0.2, 0.25) is 0 Å². The van der Waals surface area contributed by atoms with Crippen molar-refractivity contribution >= 4 is 25.2 Å². The second-order valence-electron chi connectivity index (χ2n) is 6.30. The molecule has 0 N–H and O–H groups in total. The SMILES string of the molecule is Bc1ccc2c(c1)C(=O)N([C@@H](C)C(=O)OC(C)(C)C)C2. The first-order valence-corrected chi connectivity index (χ1v) is 6.82. The number of ether oxygens (including phenoxy) is 1. The van der Waals surface area contributed by atoms with Crippen molar-refractivity contribution in [3.63, 3.8) is 0 Å². The Labute approximate surface area is 120 Å². The van der Waals surface area contributed by atoms with Crippen LogP contribution in [0, 0.1) is 0 Å². The van der Waals surface area contributed by atoms with Crippen molar-refractivity contribution in [2.75, 3.05) is 0 Å². The van der Waals surface area contributed by atoms with Crippen LogP contribution in [-0.4, -0.2) is 36.3 Å². The number of hydrogen-bond acceptors (Lipinski definition) is 3. The molecular formula is C15H20BNO3. The highest BCUT2D eigenvalue weighted by molar-refractivity contribution is 6.32. The summed E-state index contributed by atoms with van der Waals surface area (Å²) < 4.78 is 5.35. The van der Waals surface area contributed by atoms with Gasteiger partial charge in [0.25, 0.3) is 5.91 Å². The van der Waals surface area contributed by atoms with Gasteiger partial charge in [-0.2, -0.15) is 0 Å². The molecule has 0 fully saturated rings. The average molecular weight is 273 g/mol. The molecule has 0 aliphatic carbocycles. The quantitative estimate of drug-likeness (QED) is 0.586. The van der Waals surface area contributed by atoms with E-state index in [2.05, 4.69) is 0 Å². The lowest BCUT2D eigenvalue weighted by Crippen LogP contribution is -2.42. The lowest BCUT2D eigenvalue weighted by Gasteiger charge is -2.27. The number of esters is 1. The molecule has 20 heavy (non-hydrogen) atoms. The second kappa shape index (κ2) is 4.96. The number of amides is 1. The number of hydrogen-bond donors (Lipinski definition) is 0. The predicted octanol–water partition coefficient (Wildman–Crippen LogP) is 0.631. The molecule has 0 bridgehead atoms. The Morgan fingerprint density at radius 1 is 1.40 bits per heavy atom. The summed E-state index contributed by atoms with van der Waals surface area (Å²) in [5.41, 5.74) is 2.16. The number of benzene rings is 1. The highest BCUT2D eigenvalue weighted by Gasteiger charge is 2.35. The van der Waals surface area contributed by atoms with Gasteiger partial charge >= 0.3 is 5.97 Å². The number of carbonyl (C=O) groups is 2. The van der Waals surface area contributed by atoms with Crippen molar-refractivity contribution < 1.29 is 14.3 Å². The first kappa shape index (κ1) is 14.6. The lowest BCUT2D eigenvalue weighted by atomic mass is 9.93. The topological polar surface area (TPSA) is 46.6 Å². The number of nitrogens with zero attached hydrogens (tertiary/aromatic N) is 1. The highest BCUT2D eigenvalue weighted by Crippen LogP contribution is 2.24. The van der Waals surface area contributed by atoms with Crippen molar-refractivity contribution in [1.29, 1.82) is 0 Å². The third kappa shape index (κ3) is 2.87. The molecule has 1 aliphatic heterocycles. The minimum absolute atomic E-state index is 0.0953. The Bertz CT molecular complexity index is 563. The lowest BCUT2D eigenvalue weighted by molar-refractivity contribution is -0.159. The minimum Gasteiger partial charge on any atom is -0.458 e. The van der Waals surface area contributed by atoms with Gasteiger partial charge in [0.1, 0.15) is 19.5 Å². The van der Waals surface area contributed by atoms with Gasteiger partial charge in [-0.25, -0.2) is 4.79 Å². The van der Waals surface area contributed by atoms with Crippen molar-refractivity contribution in [3.05, 3.63) is 29.3 Å². The van der Waals surface area contributed by atoms with Gasteiger partial charge in [0.15, 0.2) is 0 Å². The van der Waals surface area contributed by atoms with Crippen molar-refractivity contribution in [2.45, 2.75) is 45.9 Å². The molecule has 1 aromatic rings. The van der Waals surface area contributed by atoms with Gasteiger partial charge < -0.3 is 9.64 Å². The van der Waals surface area contributed by atoms with Crippen LogP contribution in [0.5, 0.6) is 0 Å².